The van der Waals surface area contributed by atoms with E-state index in [1.165, 1.54) is 18.2 Å². The van der Waals surface area contributed by atoms with Crippen molar-refractivity contribution in [3.8, 4) is 0 Å². The number of rotatable bonds is 8. The van der Waals surface area contributed by atoms with Crippen molar-refractivity contribution < 1.29 is 17.6 Å². The van der Waals surface area contributed by atoms with Crippen LogP contribution in [0, 0.1) is 26.6 Å². The second kappa shape index (κ2) is 11.3. The fourth-order valence-electron chi connectivity index (χ4n) is 3.72. The van der Waals surface area contributed by atoms with Gasteiger partial charge in [-0.3, -0.25) is 4.79 Å². The summed E-state index contributed by atoms with van der Waals surface area (Å²) in [4.78, 5) is 12.8. The summed E-state index contributed by atoms with van der Waals surface area (Å²) in [6.45, 7) is 4.65. The Bertz CT molecular complexity index is 1370. The van der Waals surface area contributed by atoms with Gasteiger partial charge in [0.1, 0.15) is 5.82 Å². The zero-order valence-corrected chi connectivity index (χ0v) is 21.7. The lowest BCUT2D eigenvalue weighted by molar-refractivity contribution is -0.121. The molecule has 0 aromatic heterocycles. The van der Waals surface area contributed by atoms with Crippen LogP contribution < -0.4 is 5.43 Å². The van der Waals surface area contributed by atoms with E-state index in [0.717, 1.165) is 16.1 Å². The lowest BCUT2D eigenvalue weighted by Crippen LogP contribution is -2.39. The molecule has 6 nitrogen and oxygen atoms in total. The average Bonchev–Trinajstić information content (AvgIpc) is 2.76. The van der Waals surface area contributed by atoms with Gasteiger partial charge in [-0.1, -0.05) is 65.2 Å². The maximum atomic E-state index is 13.8. The minimum Gasteiger partial charge on any atom is -0.272 e. The molecule has 1 amide bonds. The number of nitrogens with zero attached hydrogens (tertiary/aromatic N) is 2. The van der Waals surface area contributed by atoms with Crippen LogP contribution in [0.15, 0.2) is 64.6 Å². The number of aryl methyl sites for hydroxylation is 3. The standard InChI is InChI=1S/C25H24Cl2FN3O3S/c1-16-10-17(2)25(18(3)11-16)35(33,34)31(14-19-8-9-21(26)22(27)12-19)15-24(32)30-29-13-20-6-4-5-7-23(20)28/h4-13H,14-15H2,1-3H3,(H,30,32)/b29-13+. The minimum atomic E-state index is -4.09. The first-order valence-corrected chi connectivity index (χ1v) is 12.8. The van der Waals surface area contributed by atoms with E-state index < -0.39 is 28.3 Å². The molecule has 0 heterocycles. The molecular formula is C25H24Cl2FN3O3S. The molecule has 0 saturated carbocycles. The van der Waals surface area contributed by atoms with Gasteiger partial charge in [-0.25, -0.2) is 18.2 Å². The highest BCUT2D eigenvalue weighted by molar-refractivity contribution is 7.89. The van der Waals surface area contributed by atoms with E-state index in [2.05, 4.69) is 10.5 Å². The molecule has 0 unspecified atom stereocenters. The Morgan fingerprint density at radius 3 is 2.31 bits per heavy atom. The highest BCUT2D eigenvalue weighted by Crippen LogP contribution is 2.28. The first-order valence-electron chi connectivity index (χ1n) is 10.6. The molecule has 1 N–H and O–H groups in total. The number of amides is 1. The average molecular weight is 536 g/mol. The molecule has 35 heavy (non-hydrogen) atoms. The summed E-state index contributed by atoms with van der Waals surface area (Å²) in [5, 5.41) is 4.36. The lowest BCUT2D eigenvalue weighted by atomic mass is 10.1. The van der Waals surface area contributed by atoms with Gasteiger partial charge in [-0.2, -0.15) is 9.41 Å². The van der Waals surface area contributed by atoms with Gasteiger partial charge in [0.25, 0.3) is 5.91 Å². The molecule has 3 aromatic carbocycles. The first-order chi connectivity index (χ1) is 16.5. The number of carbonyl (C=O) groups excluding carboxylic acids is 1. The van der Waals surface area contributed by atoms with Crippen LogP contribution in [0.25, 0.3) is 0 Å². The third kappa shape index (κ3) is 6.67. The van der Waals surface area contributed by atoms with Crippen molar-refractivity contribution in [1.29, 1.82) is 0 Å². The van der Waals surface area contributed by atoms with Crippen molar-refractivity contribution in [3.05, 3.63) is 98.3 Å². The summed E-state index contributed by atoms with van der Waals surface area (Å²) in [6, 6.07) is 14.2. The van der Waals surface area contributed by atoms with E-state index in [1.54, 1.807) is 50.2 Å². The van der Waals surface area contributed by atoms with Crippen LogP contribution in [-0.2, 0) is 21.4 Å². The number of nitrogens with one attached hydrogen (secondary N) is 1. The molecule has 0 spiro atoms. The summed E-state index contributed by atoms with van der Waals surface area (Å²) in [7, 11) is -4.09. The third-order valence-corrected chi connectivity index (χ3v) is 8.00. The van der Waals surface area contributed by atoms with Crippen molar-refractivity contribution in [2.45, 2.75) is 32.2 Å². The fourth-order valence-corrected chi connectivity index (χ4v) is 5.84. The molecule has 184 valence electrons. The van der Waals surface area contributed by atoms with E-state index >= 15 is 0 Å². The van der Waals surface area contributed by atoms with Gasteiger partial charge in [-0.15, -0.1) is 0 Å². The number of hydrogen-bond donors (Lipinski definition) is 1. The summed E-state index contributed by atoms with van der Waals surface area (Å²) >= 11 is 12.1. The molecule has 0 radical (unpaired) electrons. The number of hydrazone groups is 1. The van der Waals surface area contributed by atoms with Gasteiger partial charge in [0.15, 0.2) is 0 Å². The van der Waals surface area contributed by atoms with Crippen molar-refractivity contribution in [2.24, 2.45) is 5.10 Å². The number of halogens is 3. The Balaban J connectivity index is 1.91. The predicted molar refractivity (Wildman–Crippen MR) is 137 cm³/mol. The summed E-state index contributed by atoms with van der Waals surface area (Å²) < 4.78 is 42.2. The molecule has 0 saturated heterocycles. The molecule has 10 heteroatoms. The molecule has 0 fully saturated rings. The van der Waals surface area contributed by atoms with Gasteiger partial charge >= 0.3 is 0 Å². The Morgan fingerprint density at radius 1 is 1.03 bits per heavy atom. The Labute approximate surface area is 214 Å². The van der Waals surface area contributed by atoms with Gasteiger partial charge < -0.3 is 0 Å². The van der Waals surface area contributed by atoms with Crippen molar-refractivity contribution >= 4 is 45.3 Å². The van der Waals surface area contributed by atoms with E-state index in [4.69, 9.17) is 23.2 Å². The fraction of sp³-hybridized carbons (Fsp3) is 0.200. The summed E-state index contributed by atoms with van der Waals surface area (Å²) in [5.41, 5.74) is 5.06. The molecule has 3 aromatic rings. The topological polar surface area (TPSA) is 78.8 Å². The van der Waals surface area contributed by atoms with E-state index in [1.807, 2.05) is 6.92 Å². The molecule has 0 atom stereocenters. The molecule has 0 aliphatic heterocycles. The molecular weight excluding hydrogens is 512 g/mol. The normalized spacial score (nSPS) is 11.9. The number of sulfonamides is 1. The second-order valence-electron chi connectivity index (χ2n) is 8.06. The predicted octanol–water partition coefficient (Wildman–Crippen LogP) is 5.40. The maximum absolute atomic E-state index is 13.8. The number of benzene rings is 3. The van der Waals surface area contributed by atoms with E-state index in [0.29, 0.717) is 21.7 Å². The first kappa shape index (κ1) is 26.8. The minimum absolute atomic E-state index is 0.129. The smallest absolute Gasteiger partial charge is 0.255 e. The monoisotopic (exact) mass is 535 g/mol. The molecule has 0 aliphatic carbocycles. The zero-order valence-electron chi connectivity index (χ0n) is 19.3. The molecule has 3 rings (SSSR count). The molecule has 0 bridgehead atoms. The Morgan fingerprint density at radius 2 is 1.69 bits per heavy atom. The Kier molecular flexibility index (Phi) is 8.66. The van der Waals surface area contributed by atoms with E-state index in [-0.39, 0.29) is 22.0 Å². The van der Waals surface area contributed by atoms with Crippen LogP contribution in [-0.4, -0.2) is 31.4 Å². The molecule has 0 aliphatic rings. The maximum Gasteiger partial charge on any atom is 0.255 e. The van der Waals surface area contributed by atoms with Crippen LogP contribution >= 0.6 is 23.2 Å². The summed E-state index contributed by atoms with van der Waals surface area (Å²) in [5.74, 6) is -1.19. The Hall–Kier alpha value is -2.78. The van der Waals surface area contributed by atoms with E-state index in [9.17, 15) is 17.6 Å². The van der Waals surface area contributed by atoms with Crippen LogP contribution in [0.1, 0.15) is 27.8 Å². The second-order valence-corrected chi connectivity index (χ2v) is 10.8. The van der Waals surface area contributed by atoms with Crippen molar-refractivity contribution in [3.63, 3.8) is 0 Å². The quantitative estimate of drug-likeness (QED) is 0.310. The van der Waals surface area contributed by atoms with Gasteiger partial charge in [0.05, 0.1) is 27.7 Å². The highest BCUT2D eigenvalue weighted by atomic mass is 35.5. The highest BCUT2D eigenvalue weighted by Gasteiger charge is 2.30. The summed E-state index contributed by atoms with van der Waals surface area (Å²) in [6.07, 6.45) is 1.15. The van der Waals surface area contributed by atoms with Crippen molar-refractivity contribution in [2.75, 3.05) is 6.54 Å². The third-order valence-electron chi connectivity index (χ3n) is 5.16. The number of carbonyl (C=O) groups is 1. The van der Waals surface area contributed by atoms with Crippen LogP contribution in [0.4, 0.5) is 4.39 Å². The zero-order chi connectivity index (χ0) is 25.8. The van der Waals surface area contributed by atoms with Gasteiger partial charge in [0.2, 0.25) is 10.0 Å². The van der Waals surface area contributed by atoms with Gasteiger partial charge in [-0.05, 0) is 55.7 Å². The lowest BCUT2D eigenvalue weighted by Gasteiger charge is -2.24. The van der Waals surface area contributed by atoms with Crippen LogP contribution in [0.2, 0.25) is 10.0 Å². The van der Waals surface area contributed by atoms with Gasteiger partial charge in [0, 0.05) is 12.1 Å². The largest absolute Gasteiger partial charge is 0.272 e. The van der Waals surface area contributed by atoms with Crippen LogP contribution in [0.5, 0.6) is 0 Å². The van der Waals surface area contributed by atoms with Crippen LogP contribution in [0.3, 0.4) is 0 Å². The SMILES string of the molecule is Cc1cc(C)c(S(=O)(=O)N(CC(=O)N/N=C/c2ccccc2F)Cc2ccc(Cl)c(Cl)c2)c(C)c1. The van der Waals surface area contributed by atoms with Crippen molar-refractivity contribution in [1.82, 2.24) is 9.73 Å². The number of hydrogen-bond acceptors (Lipinski definition) is 4.